The van der Waals surface area contributed by atoms with E-state index in [1.54, 1.807) is 20.8 Å². The van der Waals surface area contributed by atoms with Crippen molar-refractivity contribution < 1.29 is 19.1 Å². The number of carbonyl (C=O) groups excluding carboxylic acids is 2. The zero-order valence-corrected chi connectivity index (χ0v) is 16.8. The molecule has 0 amide bonds. The normalized spacial score (nSPS) is 13.7. The van der Waals surface area contributed by atoms with Crippen LogP contribution in [0.25, 0.3) is 0 Å². The number of ether oxygens (including phenoxy) is 2. The minimum Gasteiger partial charge on any atom is -0.370 e. The van der Waals surface area contributed by atoms with Crippen molar-refractivity contribution in [3.63, 3.8) is 0 Å². The number of Topliss-reactive ketones (excluding diaryl/α,β-unsaturated/α-hetero) is 2. The lowest BCUT2D eigenvalue weighted by Crippen LogP contribution is -2.31. The smallest absolute Gasteiger partial charge is 0.186 e. The van der Waals surface area contributed by atoms with Crippen molar-refractivity contribution in [1.82, 2.24) is 0 Å². The van der Waals surface area contributed by atoms with Crippen LogP contribution >= 0.6 is 0 Å². The lowest BCUT2D eigenvalue weighted by Gasteiger charge is -2.18. The number of aliphatic imine (C=N–C) groups is 2. The average Bonchev–Trinajstić information content (AvgIpc) is 2.57. The fraction of sp³-hybridized carbons (Fsp3) is 0.556. The Bertz CT molecular complexity index is 582. The monoisotopic (exact) mass is 396 g/mol. The van der Waals surface area contributed by atoms with Crippen molar-refractivity contribution in [2.24, 2.45) is 32.9 Å². The molecule has 0 saturated heterocycles. The number of hydrogen-bond acceptors (Lipinski definition) is 6. The van der Waals surface area contributed by atoms with Gasteiger partial charge in [-0.1, -0.05) is 13.2 Å². The van der Waals surface area contributed by atoms with Gasteiger partial charge in [0.2, 0.25) is 0 Å². The van der Waals surface area contributed by atoms with Gasteiger partial charge in [0.1, 0.15) is 12.1 Å². The molecule has 0 aliphatic rings. The third-order valence-corrected chi connectivity index (χ3v) is 3.54. The average molecular weight is 396 g/mol. The maximum absolute atomic E-state index is 12.0. The Morgan fingerprint density at radius 1 is 0.821 bits per heavy atom. The molecule has 158 valence electrons. The predicted molar refractivity (Wildman–Crippen MR) is 109 cm³/mol. The highest BCUT2D eigenvalue weighted by Gasteiger charge is 2.20. The molecule has 0 aromatic rings. The molecule has 0 aliphatic heterocycles. The van der Waals surface area contributed by atoms with Crippen molar-refractivity contribution in [2.45, 2.75) is 52.0 Å². The Balaban J connectivity index is 4.52. The van der Waals surface area contributed by atoms with Gasteiger partial charge in [-0.15, -0.1) is 0 Å². The molecule has 0 heterocycles. The van der Waals surface area contributed by atoms with Crippen molar-refractivity contribution in [3.05, 3.63) is 24.3 Å². The zero-order chi connectivity index (χ0) is 21.9. The number of nitrogens with two attached hydrogens (primary N) is 4. The summed E-state index contributed by atoms with van der Waals surface area (Å²) >= 11 is 0. The van der Waals surface area contributed by atoms with E-state index in [0.717, 1.165) is 0 Å². The van der Waals surface area contributed by atoms with E-state index in [9.17, 15) is 9.59 Å². The van der Waals surface area contributed by atoms with Crippen LogP contribution in [0.5, 0.6) is 0 Å². The van der Waals surface area contributed by atoms with E-state index in [1.165, 1.54) is 0 Å². The van der Waals surface area contributed by atoms with Crippen LogP contribution in [0.15, 0.2) is 34.3 Å². The van der Waals surface area contributed by atoms with Crippen molar-refractivity contribution in [1.29, 1.82) is 0 Å². The van der Waals surface area contributed by atoms with E-state index in [4.69, 9.17) is 32.4 Å². The van der Waals surface area contributed by atoms with Gasteiger partial charge in [-0.3, -0.25) is 9.59 Å². The Kier molecular flexibility index (Phi) is 11.4. The summed E-state index contributed by atoms with van der Waals surface area (Å²) in [4.78, 5) is 31.9. The van der Waals surface area contributed by atoms with E-state index in [1.807, 2.05) is 0 Å². The maximum atomic E-state index is 12.0. The highest BCUT2D eigenvalue weighted by molar-refractivity contribution is 6.00. The second-order valence-electron chi connectivity index (χ2n) is 6.32. The predicted octanol–water partition coefficient (Wildman–Crippen LogP) is -0.280. The van der Waals surface area contributed by atoms with E-state index in [0.29, 0.717) is 11.1 Å². The lowest BCUT2D eigenvalue weighted by atomic mass is 10.1. The summed E-state index contributed by atoms with van der Waals surface area (Å²) in [5.74, 6) is -0.887. The summed E-state index contributed by atoms with van der Waals surface area (Å²) in [6.45, 7) is 12.4. The van der Waals surface area contributed by atoms with Crippen LogP contribution in [0.2, 0.25) is 0 Å². The molecular weight excluding hydrogens is 364 g/mol. The largest absolute Gasteiger partial charge is 0.370 e. The number of ketones is 2. The number of nitrogens with zero attached hydrogens (tertiary/aromatic N) is 2. The van der Waals surface area contributed by atoms with Gasteiger partial charge in [0, 0.05) is 12.8 Å². The topological polar surface area (TPSA) is 181 Å². The SMILES string of the molecule is C=C(C)C(=O)C(CCOC(C)OCCC(N=C(N)N)C(=O)C(=C)C)N=C(N)N. The first-order valence-electron chi connectivity index (χ1n) is 8.75. The van der Waals surface area contributed by atoms with Crippen LogP contribution in [0.4, 0.5) is 0 Å². The molecule has 0 saturated carbocycles. The molecule has 28 heavy (non-hydrogen) atoms. The minimum absolute atomic E-state index is 0.183. The first-order valence-corrected chi connectivity index (χ1v) is 8.75. The zero-order valence-electron chi connectivity index (χ0n) is 16.8. The van der Waals surface area contributed by atoms with Gasteiger partial charge in [-0.25, -0.2) is 9.98 Å². The maximum Gasteiger partial charge on any atom is 0.186 e. The van der Waals surface area contributed by atoms with Crippen LogP contribution in [-0.2, 0) is 19.1 Å². The number of hydrogen-bond donors (Lipinski definition) is 4. The Morgan fingerprint density at radius 3 is 1.39 bits per heavy atom. The fourth-order valence-electron chi connectivity index (χ4n) is 2.18. The van der Waals surface area contributed by atoms with E-state index >= 15 is 0 Å². The van der Waals surface area contributed by atoms with Crippen LogP contribution in [-0.4, -0.2) is 55.1 Å². The van der Waals surface area contributed by atoms with Crippen molar-refractivity contribution in [2.75, 3.05) is 13.2 Å². The highest BCUT2D eigenvalue weighted by Crippen LogP contribution is 2.10. The van der Waals surface area contributed by atoms with Crippen LogP contribution in [0, 0.1) is 0 Å². The van der Waals surface area contributed by atoms with Gasteiger partial charge in [0.15, 0.2) is 29.8 Å². The third-order valence-electron chi connectivity index (χ3n) is 3.54. The molecule has 0 radical (unpaired) electrons. The van der Waals surface area contributed by atoms with E-state index in [2.05, 4.69) is 23.1 Å². The number of carbonyl (C=O) groups is 2. The Morgan fingerprint density at radius 2 is 1.14 bits per heavy atom. The molecule has 2 unspecified atom stereocenters. The van der Waals surface area contributed by atoms with Gasteiger partial charge in [0.05, 0.1) is 13.2 Å². The highest BCUT2D eigenvalue weighted by atomic mass is 16.7. The first-order chi connectivity index (χ1) is 13.0. The summed E-state index contributed by atoms with van der Waals surface area (Å²) in [6.07, 6.45) is -0.0519. The lowest BCUT2D eigenvalue weighted by molar-refractivity contribution is -0.136. The van der Waals surface area contributed by atoms with E-state index in [-0.39, 0.29) is 49.5 Å². The minimum atomic E-state index is -0.755. The quantitative estimate of drug-likeness (QED) is 0.134. The second-order valence-corrected chi connectivity index (χ2v) is 6.32. The molecule has 0 rings (SSSR count). The molecule has 0 fully saturated rings. The fourth-order valence-corrected chi connectivity index (χ4v) is 2.18. The van der Waals surface area contributed by atoms with Gasteiger partial charge >= 0.3 is 0 Å². The van der Waals surface area contributed by atoms with Crippen LogP contribution < -0.4 is 22.9 Å². The molecular formula is C18H32N6O4. The summed E-state index contributed by atoms with van der Waals surface area (Å²) in [6, 6.07) is -1.51. The summed E-state index contributed by atoms with van der Waals surface area (Å²) in [7, 11) is 0. The van der Waals surface area contributed by atoms with Gasteiger partial charge in [-0.2, -0.15) is 0 Å². The van der Waals surface area contributed by atoms with Gasteiger partial charge in [0.25, 0.3) is 0 Å². The molecule has 0 bridgehead atoms. The molecule has 2 atom stereocenters. The molecule has 0 aliphatic carbocycles. The van der Waals surface area contributed by atoms with Gasteiger partial charge in [-0.05, 0) is 31.9 Å². The Hall–Kier alpha value is -2.72. The van der Waals surface area contributed by atoms with Gasteiger partial charge < -0.3 is 32.4 Å². The Labute approximate surface area is 165 Å². The molecule has 0 aromatic carbocycles. The van der Waals surface area contributed by atoms with Crippen LogP contribution in [0.3, 0.4) is 0 Å². The first kappa shape index (κ1) is 25.3. The number of rotatable bonds is 14. The van der Waals surface area contributed by atoms with E-state index < -0.39 is 18.4 Å². The molecule has 10 nitrogen and oxygen atoms in total. The van der Waals surface area contributed by atoms with Crippen molar-refractivity contribution in [3.8, 4) is 0 Å². The summed E-state index contributed by atoms with van der Waals surface area (Å²) in [5.41, 5.74) is 22.1. The molecule has 0 spiro atoms. The van der Waals surface area contributed by atoms with Crippen molar-refractivity contribution >= 4 is 23.5 Å². The number of guanidine groups is 2. The molecule has 10 heteroatoms. The molecule has 8 N–H and O–H groups in total. The third kappa shape index (κ3) is 10.4. The standard InChI is InChI=1S/C18H32N6O4/c1-10(2)15(25)13(23-17(19)20)6-8-27-12(5)28-9-7-14(24-18(21)22)16(26)11(3)4/h12-14H,1,3,6-9H2,2,4-5H3,(H4,19,20,23)(H4,21,22,24). The second kappa shape index (κ2) is 12.6. The van der Waals surface area contributed by atoms with Crippen LogP contribution in [0.1, 0.15) is 33.6 Å². The summed E-state index contributed by atoms with van der Waals surface area (Å²) in [5, 5.41) is 0. The summed E-state index contributed by atoms with van der Waals surface area (Å²) < 4.78 is 11.0. The molecule has 0 aromatic heterocycles.